The zero-order valence-corrected chi connectivity index (χ0v) is 10.7. The monoisotopic (exact) mass is 253 g/mol. The van der Waals surface area contributed by atoms with Gasteiger partial charge in [0.1, 0.15) is 0 Å². The maximum atomic E-state index is 12.0. The van der Waals surface area contributed by atoms with E-state index in [0.717, 1.165) is 10.7 Å². The van der Waals surface area contributed by atoms with E-state index < -0.39 is 0 Å². The number of hydrogen-bond acceptors (Lipinski definition) is 5. The lowest BCUT2D eigenvalue weighted by Crippen LogP contribution is -2.57. The lowest BCUT2D eigenvalue weighted by Gasteiger charge is -2.30. The Hall–Kier alpha value is -1.27. The van der Waals surface area contributed by atoms with Gasteiger partial charge in [0.05, 0.1) is 29.8 Å². The fraction of sp³-hybridized carbons (Fsp3) is 0.545. The van der Waals surface area contributed by atoms with Gasteiger partial charge in [-0.1, -0.05) is 6.92 Å². The molecule has 1 saturated heterocycles. The molecule has 1 atom stereocenters. The number of amides is 2. The van der Waals surface area contributed by atoms with Crippen LogP contribution in [0.2, 0.25) is 0 Å². The van der Waals surface area contributed by atoms with Gasteiger partial charge in [0.25, 0.3) is 0 Å². The van der Waals surface area contributed by atoms with Crippen molar-refractivity contribution >= 4 is 23.2 Å². The third-order valence-corrected chi connectivity index (χ3v) is 3.58. The highest BCUT2D eigenvalue weighted by atomic mass is 32.1. The van der Waals surface area contributed by atoms with Crippen LogP contribution in [0.3, 0.4) is 0 Å². The molecule has 2 heterocycles. The first kappa shape index (κ1) is 12.2. The molecule has 1 aromatic rings. The molecule has 0 radical (unpaired) electrons. The molecule has 92 valence electrons. The number of piperazine rings is 1. The number of aryl methyl sites for hydroxylation is 1. The van der Waals surface area contributed by atoms with E-state index in [1.54, 1.807) is 0 Å². The van der Waals surface area contributed by atoms with E-state index in [-0.39, 0.29) is 24.4 Å². The number of nitrogens with zero attached hydrogens (tertiary/aromatic N) is 2. The van der Waals surface area contributed by atoms with Gasteiger partial charge < -0.3 is 0 Å². The molecule has 1 aliphatic rings. The Balaban J connectivity index is 2.12. The number of hydrogen-bond donors (Lipinski definition) is 1. The minimum atomic E-state index is -0.243. The van der Waals surface area contributed by atoms with E-state index in [0.29, 0.717) is 13.0 Å². The Morgan fingerprint density at radius 2 is 2.35 bits per heavy atom. The van der Waals surface area contributed by atoms with E-state index in [9.17, 15) is 9.59 Å². The van der Waals surface area contributed by atoms with Crippen LogP contribution in [0.1, 0.15) is 24.0 Å². The lowest BCUT2D eigenvalue weighted by molar-refractivity contribution is -0.150. The SMILES string of the molecule is CCC1NCC(=O)N(Cc2csc(C)n2)C1=O. The summed E-state index contributed by atoms with van der Waals surface area (Å²) in [4.78, 5) is 29.3. The largest absolute Gasteiger partial charge is 0.297 e. The van der Waals surface area contributed by atoms with Crippen LogP contribution in [0.4, 0.5) is 0 Å². The second-order valence-corrected chi connectivity index (χ2v) is 5.08. The summed E-state index contributed by atoms with van der Waals surface area (Å²) in [6.45, 7) is 4.36. The van der Waals surface area contributed by atoms with Crippen molar-refractivity contribution in [1.82, 2.24) is 15.2 Å². The third kappa shape index (κ3) is 2.53. The molecule has 1 fully saturated rings. The Labute approximate surface area is 104 Å². The molecule has 2 rings (SSSR count). The first-order chi connectivity index (χ1) is 8.11. The Kier molecular flexibility index (Phi) is 3.54. The normalized spacial score (nSPS) is 21.1. The molecule has 1 aromatic heterocycles. The highest BCUT2D eigenvalue weighted by molar-refractivity contribution is 7.09. The minimum Gasteiger partial charge on any atom is -0.297 e. The number of aromatic nitrogens is 1. The van der Waals surface area contributed by atoms with Gasteiger partial charge in [-0.25, -0.2) is 4.98 Å². The van der Waals surface area contributed by atoms with Gasteiger partial charge in [-0.15, -0.1) is 11.3 Å². The van der Waals surface area contributed by atoms with Gasteiger partial charge in [-0.05, 0) is 13.3 Å². The molecule has 1 unspecified atom stereocenters. The van der Waals surface area contributed by atoms with E-state index in [1.807, 2.05) is 19.2 Å². The average molecular weight is 253 g/mol. The van der Waals surface area contributed by atoms with Crippen LogP contribution in [0.15, 0.2) is 5.38 Å². The van der Waals surface area contributed by atoms with Crippen LogP contribution in [0, 0.1) is 6.92 Å². The van der Waals surface area contributed by atoms with Crippen LogP contribution in [-0.2, 0) is 16.1 Å². The van der Waals surface area contributed by atoms with Gasteiger partial charge in [0.15, 0.2) is 0 Å². The van der Waals surface area contributed by atoms with Gasteiger partial charge >= 0.3 is 0 Å². The Morgan fingerprint density at radius 1 is 1.59 bits per heavy atom. The standard InChI is InChI=1S/C11H15N3O2S/c1-3-9-11(16)14(10(15)4-12-9)5-8-6-17-7(2)13-8/h6,9,12H,3-5H2,1-2H3. The number of carbonyl (C=O) groups excluding carboxylic acids is 2. The van der Waals surface area contributed by atoms with Crippen LogP contribution < -0.4 is 5.32 Å². The molecule has 0 aliphatic carbocycles. The summed E-state index contributed by atoms with van der Waals surface area (Å²) in [7, 11) is 0. The van der Waals surface area contributed by atoms with E-state index in [4.69, 9.17) is 0 Å². The van der Waals surface area contributed by atoms with Gasteiger partial charge in [-0.3, -0.25) is 19.8 Å². The van der Waals surface area contributed by atoms with Crippen LogP contribution in [-0.4, -0.2) is 34.3 Å². The van der Waals surface area contributed by atoms with Crippen molar-refractivity contribution in [2.24, 2.45) is 0 Å². The maximum Gasteiger partial charge on any atom is 0.246 e. The van der Waals surface area contributed by atoms with Crippen molar-refractivity contribution in [2.75, 3.05) is 6.54 Å². The van der Waals surface area contributed by atoms with Crippen molar-refractivity contribution in [3.63, 3.8) is 0 Å². The summed E-state index contributed by atoms with van der Waals surface area (Å²) in [5.74, 6) is -0.320. The van der Waals surface area contributed by atoms with Gasteiger partial charge in [0, 0.05) is 5.38 Å². The van der Waals surface area contributed by atoms with Crippen molar-refractivity contribution in [3.05, 3.63) is 16.1 Å². The molecule has 5 nitrogen and oxygen atoms in total. The Morgan fingerprint density at radius 3 is 2.94 bits per heavy atom. The molecule has 2 amide bonds. The molecule has 1 N–H and O–H groups in total. The van der Waals surface area contributed by atoms with E-state index >= 15 is 0 Å². The second kappa shape index (κ2) is 4.93. The number of imide groups is 1. The van der Waals surface area contributed by atoms with Crippen molar-refractivity contribution in [3.8, 4) is 0 Å². The van der Waals surface area contributed by atoms with Gasteiger partial charge in [0.2, 0.25) is 11.8 Å². The summed E-state index contributed by atoms with van der Waals surface area (Å²) < 4.78 is 0. The van der Waals surface area contributed by atoms with E-state index in [1.165, 1.54) is 16.2 Å². The first-order valence-electron chi connectivity index (χ1n) is 5.60. The summed E-state index contributed by atoms with van der Waals surface area (Å²) >= 11 is 1.53. The second-order valence-electron chi connectivity index (χ2n) is 4.02. The summed E-state index contributed by atoms with van der Waals surface area (Å²) in [5.41, 5.74) is 0.783. The minimum absolute atomic E-state index is 0.144. The van der Waals surface area contributed by atoms with Gasteiger partial charge in [-0.2, -0.15) is 0 Å². The highest BCUT2D eigenvalue weighted by Crippen LogP contribution is 2.14. The predicted molar refractivity (Wildman–Crippen MR) is 64.5 cm³/mol. The van der Waals surface area contributed by atoms with Crippen molar-refractivity contribution in [2.45, 2.75) is 32.9 Å². The van der Waals surface area contributed by atoms with Crippen LogP contribution >= 0.6 is 11.3 Å². The number of nitrogens with one attached hydrogen (secondary N) is 1. The number of rotatable bonds is 3. The summed E-state index contributed by atoms with van der Waals surface area (Å²) in [5, 5.41) is 5.76. The fourth-order valence-electron chi connectivity index (χ4n) is 1.83. The molecule has 17 heavy (non-hydrogen) atoms. The molecule has 0 spiro atoms. The zero-order chi connectivity index (χ0) is 12.4. The third-order valence-electron chi connectivity index (χ3n) is 2.76. The lowest BCUT2D eigenvalue weighted by atomic mass is 10.1. The highest BCUT2D eigenvalue weighted by Gasteiger charge is 2.32. The zero-order valence-electron chi connectivity index (χ0n) is 9.90. The number of thiazole rings is 1. The summed E-state index contributed by atoms with van der Waals surface area (Å²) in [6, 6.07) is -0.243. The Bertz CT molecular complexity index is 444. The first-order valence-corrected chi connectivity index (χ1v) is 6.48. The predicted octanol–water partition coefficient (Wildman–Crippen LogP) is 0.689. The topological polar surface area (TPSA) is 62.3 Å². The van der Waals surface area contributed by atoms with Crippen LogP contribution in [0.5, 0.6) is 0 Å². The molecule has 6 heteroatoms. The average Bonchev–Trinajstić information content (AvgIpc) is 2.70. The molecular weight excluding hydrogens is 238 g/mol. The van der Waals surface area contributed by atoms with Crippen molar-refractivity contribution in [1.29, 1.82) is 0 Å². The van der Waals surface area contributed by atoms with Crippen LogP contribution in [0.25, 0.3) is 0 Å². The maximum absolute atomic E-state index is 12.0. The molecular formula is C11H15N3O2S. The smallest absolute Gasteiger partial charge is 0.246 e. The number of carbonyl (C=O) groups is 2. The molecule has 0 bridgehead atoms. The fourth-order valence-corrected chi connectivity index (χ4v) is 2.44. The summed E-state index contributed by atoms with van der Waals surface area (Å²) in [6.07, 6.45) is 0.693. The van der Waals surface area contributed by atoms with Crippen molar-refractivity contribution < 1.29 is 9.59 Å². The quantitative estimate of drug-likeness (QED) is 0.805. The molecule has 0 saturated carbocycles. The molecule has 0 aromatic carbocycles. The van der Waals surface area contributed by atoms with E-state index in [2.05, 4.69) is 10.3 Å². The molecule has 1 aliphatic heterocycles.